The minimum atomic E-state index is -1.71. The fraction of sp³-hybridized carbons (Fsp3) is 0.622. The third kappa shape index (κ3) is 18.9. The third-order valence-electron chi connectivity index (χ3n) is 11.6. The molecule has 2 unspecified atom stereocenters. The molecular formula is C45H69N11O12S. The molecule has 0 radical (unpaired) electrons. The number of rotatable bonds is 18. The highest BCUT2D eigenvalue weighted by atomic mass is 32.2. The molecule has 2 aliphatic heterocycles. The molecule has 0 bridgehead atoms. The molecule has 23 nitrogen and oxygen atoms in total. The Morgan fingerprint density at radius 2 is 1.46 bits per heavy atom. The largest absolute Gasteiger partial charge is 0.497 e. The number of likely N-dealkylation sites (tertiary alicyclic amines) is 1. The van der Waals surface area contributed by atoms with E-state index in [0.717, 1.165) is 0 Å². The summed E-state index contributed by atoms with van der Waals surface area (Å²) >= 11 is 1.18. The Bertz CT molecular complexity index is 2020. The summed E-state index contributed by atoms with van der Waals surface area (Å²) in [4.78, 5) is 148. The van der Waals surface area contributed by atoms with Crippen molar-refractivity contribution in [2.45, 2.75) is 134 Å². The second-order valence-electron chi connectivity index (χ2n) is 17.6. The predicted octanol–water partition coefficient (Wildman–Crippen LogP) is -2.50. The van der Waals surface area contributed by atoms with Gasteiger partial charge in [0.2, 0.25) is 65.0 Å². The van der Waals surface area contributed by atoms with E-state index >= 15 is 0 Å². The predicted molar refractivity (Wildman–Crippen MR) is 253 cm³/mol. The van der Waals surface area contributed by atoms with Crippen LogP contribution in [0.2, 0.25) is 0 Å². The maximum Gasteiger partial charge on any atom is 0.246 e. The Labute approximate surface area is 405 Å². The second-order valence-corrected chi connectivity index (χ2v) is 18.8. The number of amides is 11. The molecular weight excluding hydrogens is 919 g/mol. The number of nitrogens with zero attached hydrogens (tertiary/aromatic N) is 1. The van der Waals surface area contributed by atoms with Crippen molar-refractivity contribution in [3.05, 3.63) is 29.8 Å². The molecule has 0 aliphatic carbocycles. The maximum absolute atomic E-state index is 14.5. The van der Waals surface area contributed by atoms with E-state index in [-0.39, 0.29) is 62.5 Å². The molecule has 3 rings (SSSR count). The van der Waals surface area contributed by atoms with Gasteiger partial charge in [-0.2, -0.15) is 11.8 Å². The Morgan fingerprint density at radius 1 is 0.812 bits per heavy atom. The van der Waals surface area contributed by atoms with Crippen LogP contribution in [0.5, 0.6) is 5.75 Å². The van der Waals surface area contributed by atoms with Crippen LogP contribution < -0.4 is 59.2 Å². The van der Waals surface area contributed by atoms with E-state index in [1.807, 2.05) is 13.8 Å². The van der Waals surface area contributed by atoms with Crippen LogP contribution >= 0.6 is 11.8 Å². The Hall–Kier alpha value is -6.46. The Morgan fingerprint density at radius 3 is 2.07 bits per heavy atom. The van der Waals surface area contributed by atoms with Crippen LogP contribution in [0.3, 0.4) is 0 Å². The number of nitrogens with one attached hydrogen (secondary N) is 7. The molecule has 69 heavy (non-hydrogen) atoms. The highest BCUT2D eigenvalue weighted by Gasteiger charge is 2.40. The average Bonchev–Trinajstić information content (AvgIpc) is 3.79. The van der Waals surface area contributed by atoms with E-state index < -0.39 is 133 Å². The molecule has 24 heteroatoms. The van der Waals surface area contributed by atoms with Crippen molar-refractivity contribution < 1.29 is 57.5 Å². The number of benzene rings is 1. The third-order valence-corrected chi connectivity index (χ3v) is 12.7. The molecule has 382 valence electrons. The molecule has 2 heterocycles. The molecule has 0 spiro atoms. The molecule has 2 fully saturated rings. The molecule has 2 aliphatic rings. The normalized spacial score (nSPS) is 23.2. The molecule has 11 amide bonds. The standard InChI is InChI=1S/C45H69N11O12S/c1-6-25(4)38-44(66)51-28(15-16-34(46)57)40(62)52-31(21-35(47)58)41(63)54-32(23-69-18-8-10-37(60)50-30(42(64)55-38)20-26-11-13-27(68-5)14-12-26)45(67)56-17-7-9-33(56)43(65)53-29(19-24(2)3)39(61)49-22-36(48)59/h11-14,24-25,28-33,38H,6-10,15-23H2,1-5H3,(H2,46,57)(H2,47,58)(H2,48,59)(H,49,61)(H,50,60)(H,51,66)(H,52,62)(H,53,65)(H,54,63)(H,55,64)/t25-,28-,29-,30?,31?,32-,33-,38-/m0/s1. The summed E-state index contributed by atoms with van der Waals surface area (Å²) in [5.41, 5.74) is 16.8. The first-order valence-electron chi connectivity index (χ1n) is 23.1. The van der Waals surface area contributed by atoms with Crippen LogP contribution in [0, 0.1) is 11.8 Å². The van der Waals surface area contributed by atoms with Crippen molar-refractivity contribution in [1.82, 2.24) is 42.1 Å². The van der Waals surface area contributed by atoms with E-state index in [0.29, 0.717) is 24.2 Å². The van der Waals surface area contributed by atoms with E-state index in [1.54, 1.807) is 38.1 Å². The van der Waals surface area contributed by atoms with Crippen molar-refractivity contribution in [2.24, 2.45) is 29.0 Å². The van der Waals surface area contributed by atoms with Gasteiger partial charge in [-0.3, -0.25) is 52.7 Å². The number of primary amides is 3. The Balaban J connectivity index is 2.02. The molecule has 1 aromatic carbocycles. The van der Waals surface area contributed by atoms with Gasteiger partial charge in [-0.15, -0.1) is 0 Å². The lowest BCUT2D eigenvalue weighted by molar-refractivity contribution is -0.142. The van der Waals surface area contributed by atoms with Crippen LogP contribution in [0.1, 0.15) is 91.0 Å². The number of thioether (sulfide) groups is 1. The summed E-state index contributed by atoms with van der Waals surface area (Å²) in [6.07, 6.45) is -0.176. The monoisotopic (exact) mass is 987 g/mol. The lowest BCUT2D eigenvalue weighted by Crippen LogP contribution is -2.61. The molecule has 13 N–H and O–H groups in total. The first-order valence-corrected chi connectivity index (χ1v) is 24.2. The van der Waals surface area contributed by atoms with Gasteiger partial charge in [-0.05, 0) is 67.4 Å². The van der Waals surface area contributed by atoms with Gasteiger partial charge in [0, 0.05) is 31.6 Å². The zero-order chi connectivity index (χ0) is 51.4. The van der Waals surface area contributed by atoms with Crippen LogP contribution in [0.15, 0.2) is 24.3 Å². The molecule has 2 saturated heterocycles. The second kappa shape index (κ2) is 28.1. The van der Waals surface area contributed by atoms with Crippen LogP contribution in [0.25, 0.3) is 0 Å². The van der Waals surface area contributed by atoms with Gasteiger partial charge in [0.1, 0.15) is 48.0 Å². The fourth-order valence-corrected chi connectivity index (χ4v) is 8.66. The highest BCUT2D eigenvalue weighted by molar-refractivity contribution is 7.99. The zero-order valence-electron chi connectivity index (χ0n) is 39.9. The topological polar surface area (TPSA) is 363 Å². The molecule has 8 atom stereocenters. The van der Waals surface area contributed by atoms with Gasteiger partial charge in [0.15, 0.2) is 0 Å². The van der Waals surface area contributed by atoms with E-state index in [2.05, 4.69) is 37.2 Å². The maximum atomic E-state index is 14.5. The van der Waals surface area contributed by atoms with Crippen molar-refractivity contribution in [2.75, 3.05) is 31.7 Å². The van der Waals surface area contributed by atoms with Crippen LogP contribution in [0.4, 0.5) is 0 Å². The zero-order valence-corrected chi connectivity index (χ0v) is 40.7. The van der Waals surface area contributed by atoms with E-state index in [1.165, 1.54) is 23.8 Å². The number of hydrogen-bond donors (Lipinski definition) is 10. The first-order chi connectivity index (χ1) is 32.6. The van der Waals surface area contributed by atoms with Gasteiger partial charge >= 0.3 is 0 Å². The van der Waals surface area contributed by atoms with Gasteiger partial charge in [0.05, 0.1) is 20.1 Å². The Kier molecular flexibility index (Phi) is 23.2. The summed E-state index contributed by atoms with van der Waals surface area (Å²) in [5, 5.41) is 18.2. The summed E-state index contributed by atoms with van der Waals surface area (Å²) in [5.74, 6) is -8.59. The highest BCUT2D eigenvalue weighted by Crippen LogP contribution is 2.22. The number of nitrogens with two attached hydrogens (primary N) is 3. The molecule has 0 aromatic heterocycles. The van der Waals surface area contributed by atoms with E-state index in [4.69, 9.17) is 21.9 Å². The lowest BCUT2D eigenvalue weighted by Gasteiger charge is -2.31. The SMILES string of the molecule is CC[C@H](C)[C@@H]1NC(=O)C(Cc2ccc(OC)cc2)NC(=O)CCCSC[C@@H](C(=O)N2CCC[C@H]2C(=O)N[C@@H](CC(C)C)C(=O)NCC(N)=O)NC(=O)C(CC(N)=O)NC(=O)[C@H](CCC(N)=O)NC1=O. The van der Waals surface area contributed by atoms with E-state index in [9.17, 15) is 52.7 Å². The van der Waals surface area contributed by atoms with Crippen molar-refractivity contribution in [3.63, 3.8) is 0 Å². The summed E-state index contributed by atoms with van der Waals surface area (Å²) in [6.45, 7) is 6.75. The minimum Gasteiger partial charge on any atom is -0.497 e. The van der Waals surface area contributed by atoms with Crippen LogP contribution in [-0.4, -0.2) is 144 Å². The molecule has 1 aromatic rings. The summed E-state index contributed by atoms with van der Waals surface area (Å²) in [6, 6.07) is -2.40. The summed E-state index contributed by atoms with van der Waals surface area (Å²) in [7, 11) is 1.50. The fourth-order valence-electron chi connectivity index (χ4n) is 7.68. The first kappa shape index (κ1) is 56.9. The number of methoxy groups -OCH3 is 1. The van der Waals surface area contributed by atoms with Crippen LogP contribution in [-0.2, 0) is 59.2 Å². The average molecular weight is 988 g/mol. The quantitative estimate of drug-likeness (QED) is 0.0728. The van der Waals surface area contributed by atoms with Crippen molar-refractivity contribution in [3.8, 4) is 5.75 Å². The van der Waals surface area contributed by atoms with Crippen molar-refractivity contribution in [1.29, 1.82) is 0 Å². The van der Waals surface area contributed by atoms with Gasteiger partial charge in [-0.1, -0.05) is 46.2 Å². The number of hydrogen-bond acceptors (Lipinski definition) is 13. The smallest absolute Gasteiger partial charge is 0.246 e. The van der Waals surface area contributed by atoms with Gasteiger partial charge < -0.3 is 64.1 Å². The number of carbonyl (C=O) groups excluding carboxylic acids is 11. The van der Waals surface area contributed by atoms with Gasteiger partial charge in [0.25, 0.3) is 0 Å². The minimum absolute atomic E-state index is 0.0237. The molecule has 0 saturated carbocycles. The summed E-state index contributed by atoms with van der Waals surface area (Å²) < 4.78 is 5.25. The van der Waals surface area contributed by atoms with Crippen molar-refractivity contribution >= 4 is 76.7 Å². The number of carbonyl (C=O) groups is 11. The lowest BCUT2D eigenvalue weighted by atomic mass is 9.96. The van der Waals surface area contributed by atoms with Gasteiger partial charge in [-0.25, -0.2) is 0 Å². The number of ether oxygens (including phenoxy) is 1.